The summed E-state index contributed by atoms with van der Waals surface area (Å²) in [5, 5.41) is 12.5. The third-order valence-corrected chi connectivity index (χ3v) is 13.7. The number of benzene rings is 12. The highest BCUT2D eigenvalue weighted by Gasteiger charge is 2.21. The van der Waals surface area contributed by atoms with Crippen LogP contribution in [-0.2, 0) is 0 Å². The number of hydrogen-bond donors (Lipinski definition) is 0. The second-order valence-corrected chi connectivity index (χ2v) is 17.6. The van der Waals surface area contributed by atoms with Crippen molar-refractivity contribution >= 4 is 53.9 Å². The van der Waals surface area contributed by atoms with E-state index in [0.29, 0.717) is 5.82 Å². The monoisotopic (exact) mass is 862 g/mol. The molecule has 68 heavy (non-hydrogen) atoms. The van der Waals surface area contributed by atoms with E-state index in [-0.39, 0.29) is 0 Å². The summed E-state index contributed by atoms with van der Waals surface area (Å²) in [6.45, 7) is 0. The second-order valence-electron chi connectivity index (χ2n) is 17.6. The van der Waals surface area contributed by atoms with Gasteiger partial charge in [-0.3, -0.25) is 0 Å². The van der Waals surface area contributed by atoms with Crippen LogP contribution in [0, 0.1) is 0 Å². The molecule has 0 fully saturated rings. The fourth-order valence-corrected chi connectivity index (χ4v) is 10.4. The Kier molecular flexibility index (Phi) is 9.54. The topological polar surface area (TPSA) is 25.8 Å². The minimum atomic E-state index is 0.701. The van der Waals surface area contributed by atoms with Crippen molar-refractivity contribution in [2.24, 2.45) is 0 Å². The van der Waals surface area contributed by atoms with Crippen molar-refractivity contribution in [3.63, 3.8) is 0 Å². The van der Waals surface area contributed by atoms with Gasteiger partial charge in [0.25, 0.3) is 0 Å². The fraction of sp³-hybridized carbons (Fsp3) is 0. The molecule has 0 aliphatic heterocycles. The summed E-state index contributed by atoms with van der Waals surface area (Å²) in [6.07, 6.45) is 0. The molecule has 0 atom stereocenters. The smallest absolute Gasteiger partial charge is 0.160 e. The Labute approximate surface area is 395 Å². The number of aromatic nitrogens is 2. The highest BCUT2D eigenvalue weighted by molar-refractivity contribution is 6.29. The maximum absolute atomic E-state index is 5.17. The van der Waals surface area contributed by atoms with Crippen molar-refractivity contribution in [2.75, 3.05) is 0 Å². The summed E-state index contributed by atoms with van der Waals surface area (Å²) >= 11 is 0. The zero-order valence-corrected chi connectivity index (χ0v) is 37.1. The molecule has 2 heteroatoms. The van der Waals surface area contributed by atoms with Gasteiger partial charge in [0.05, 0.1) is 11.4 Å². The lowest BCUT2D eigenvalue weighted by molar-refractivity contribution is 1.18. The standard InChI is InChI=1S/C66H42N2/c1-3-17-49(18-4-1)63-57-25-13-14-26-58(57)64(60-38-37-45-16-9-10-22-54(45)65(60)63)59-40-39-53(55-23-11-12-24-56(55)59)46-30-34-48(35-31-46)62-42-61(67-66(68-62)50-19-5-2-6-20-50)47-32-27-44(28-33-47)52-36-29-43-15-7-8-21-51(43)41-52/h1-42H. The summed E-state index contributed by atoms with van der Waals surface area (Å²) in [6, 6.07) is 92.0. The van der Waals surface area contributed by atoms with Crippen LogP contribution in [0.25, 0.3) is 132 Å². The van der Waals surface area contributed by atoms with Crippen molar-refractivity contribution in [1.82, 2.24) is 9.97 Å². The highest BCUT2D eigenvalue weighted by atomic mass is 14.9. The zero-order chi connectivity index (χ0) is 45.0. The summed E-state index contributed by atoms with van der Waals surface area (Å²) in [7, 11) is 0. The molecule has 316 valence electrons. The molecule has 0 unspecified atom stereocenters. The lowest BCUT2D eigenvalue weighted by Crippen LogP contribution is -1.96. The molecule has 1 heterocycles. The van der Waals surface area contributed by atoms with E-state index < -0.39 is 0 Å². The van der Waals surface area contributed by atoms with E-state index in [1.807, 2.05) is 18.2 Å². The van der Waals surface area contributed by atoms with Crippen LogP contribution in [0.5, 0.6) is 0 Å². The molecule has 0 aliphatic rings. The molecule has 0 spiro atoms. The van der Waals surface area contributed by atoms with Gasteiger partial charge in [0.1, 0.15) is 0 Å². The number of fused-ring (bicyclic) bond motifs is 6. The van der Waals surface area contributed by atoms with Crippen LogP contribution < -0.4 is 0 Å². The number of hydrogen-bond acceptors (Lipinski definition) is 2. The second kappa shape index (κ2) is 16.5. The van der Waals surface area contributed by atoms with E-state index in [1.54, 1.807) is 0 Å². The number of rotatable bonds is 7. The van der Waals surface area contributed by atoms with Gasteiger partial charge in [-0.15, -0.1) is 0 Å². The Morgan fingerprint density at radius 3 is 1.37 bits per heavy atom. The first-order chi connectivity index (χ1) is 33.7. The molecule has 0 saturated heterocycles. The van der Waals surface area contributed by atoms with Gasteiger partial charge in [0.15, 0.2) is 5.82 Å². The molecule has 13 aromatic rings. The van der Waals surface area contributed by atoms with E-state index in [0.717, 1.165) is 33.6 Å². The Hall–Kier alpha value is -8.98. The van der Waals surface area contributed by atoms with E-state index in [1.165, 1.54) is 92.8 Å². The van der Waals surface area contributed by atoms with Crippen LogP contribution in [0.4, 0.5) is 0 Å². The molecule has 1 aromatic heterocycles. The molecule has 13 rings (SSSR count). The van der Waals surface area contributed by atoms with Gasteiger partial charge < -0.3 is 0 Å². The first-order valence-electron chi connectivity index (χ1n) is 23.3. The average molecular weight is 863 g/mol. The largest absolute Gasteiger partial charge is 0.228 e. The minimum Gasteiger partial charge on any atom is -0.228 e. The van der Waals surface area contributed by atoms with Gasteiger partial charge in [-0.2, -0.15) is 0 Å². The third kappa shape index (κ3) is 6.82. The molecular weight excluding hydrogens is 821 g/mol. The lowest BCUT2D eigenvalue weighted by atomic mass is 9.82. The van der Waals surface area contributed by atoms with Crippen molar-refractivity contribution in [2.45, 2.75) is 0 Å². The van der Waals surface area contributed by atoms with Crippen LogP contribution in [0.2, 0.25) is 0 Å². The van der Waals surface area contributed by atoms with E-state index in [4.69, 9.17) is 9.97 Å². The molecular formula is C66H42N2. The first-order valence-corrected chi connectivity index (χ1v) is 23.3. The summed E-state index contributed by atoms with van der Waals surface area (Å²) in [4.78, 5) is 10.3. The molecule has 0 amide bonds. The lowest BCUT2D eigenvalue weighted by Gasteiger charge is -2.21. The van der Waals surface area contributed by atoms with Crippen LogP contribution in [0.1, 0.15) is 0 Å². The van der Waals surface area contributed by atoms with Crippen molar-refractivity contribution in [1.29, 1.82) is 0 Å². The summed E-state index contributed by atoms with van der Waals surface area (Å²) in [5.41, 5.74) is 14.5. The van der Waals surface area contributed by atoms with Gasteiger partial charge in [-0.25, -0.2) is 9.97 Å². The van der Waals surface area contributed by atoms with E-state index in [9.17, 15) is 0 Å². The normalized spacial score (nSPS) is 11.5. The maximum Gasteiger partial charge on any atom is 0.160 e. The predicted molar refractivity (Wildman–Crippen MR) is 288 cm³/mol. The van der Waals surface area contributed by atoms with Gasteiger partial charge >= 0.3 is 0 Å². The van der Waals surface area contributed by atoms with Crippen LogP contribution in [0.15, 0.2) is 255 Å². The van der Waals surface area contributed by atoms with Crippen LogP contribution in [0.3, 0.4) is 0 Å². The summed E-state index contributed by atoms with van der Waals surface area (Å²) < 4.78 is 0. The molecule has 0 radical (unpaired) electrons. The van der Waals surface area contributed by atoms with Crippen molar-refractivity contribution < 1.29 is 0 Å². The third-order valence-electron chi connectivity index (χ3n) is 13.7. The first kappa shape index (κ1) is 39.4. The fourth-order valence-electron chi connectivity index (χ4n) is 10.4. The molecule has 0 N–H and O–H groups in total. The Morgan fingerprint density at radius 1 is 0.221 bits per heavy atom. The van der Waals surface area contributed by atoms with Gasteiger partial charge in [-0.1, -0.05) is 243 Å². The predicted octanol–water partition coefficient (Wildman–Crippen LogP) is 17.9. The molecule has 0 saturated carbocycles. The van der Waals surface area contributed by atoms with Gasteiger partial charge in [-0.05, 0) is 111 Å². The molecule has 0 aliphatic carbocycles. The molecule has 0 bridgehead atoms. The van der Waals surface area contributed by atoms with Gasteiger partial charge in [0.2, 0.25) is 0 Å². The molecule has 12 aromatic carbocycles. The summed E-state index contributed by atoms with van der Waals surface area (Å²) in [5.74, 6) is 0.701. The Morgan fingerprint density at radius 2 is 0.691 bits per heavy atom. The van der Waals surface area contributed by atoms with Crippen molar-refractivity contribution in [3.05, 3.63) is 255 Å². The number of nitrogens with zero attached hydrogens (tertiary/aromatic N) is 2. The average Bonchev–Trinajstić information content (AvgIpc) is 3.42. The van der Waals surface area contributed by atoms with E-state index >= 15 is 0 Å². The van der Waals surface area contributed by atoms with Crippen LogP contribution in [-0.4, -0.2) is 9.97 Å². The van der Waals surface area contributed by atoms with Crippen LogP contribution >= 0.6 is 0 Å². The SMILES string of the molecule is c1ccc(-c2nc(-c3ccc(-c4ccc5ccccc5c4)cc3)cc(-c3ccc(-c4ccc(-c5c6ccccc6c(-c6ccccc6)c6c5ccc5ccccc56)c5ccccc45)cc3)n2)cc1. The quantitative estimate of drug-likeness (QED) is 0.118. The van der Waals surface area contributed by atoms with E-state index in [2.05, 4.69) is 237 Å². The molecule has 2 nitrogen and oxygen atoms in total. The highest BCUT2D eigenvalue weighted by Crippen LogP contribution is 2.48. The van der Waals surface area contributed by atoms with Crippen molar-refractivity contribution in [3.8, 4) is 78.4 Å². The zero-order valence-electron chi connectivity index (χ0n) is 37.1. The minimum absolute atomic E-state index is 0.701. The maximum atomic E-state index is 5.17. The Balaban J connectivity index is 0.913. The van der Waals surface area contributed by atoms with Gasteiger partial charge in [0, 0.05) is 16.7 Å². The Bertz CT molecular complexity index is 4040.